The maximum atomic E-state index is 12.9. The molecule has 1 N–H and O–H groups in total. The fraction of sp³-hybridized carbons (Fsp3) is 0.143. The molecule has 2 rings (SSSR count). The number of halogens is 2. The van der Waals surface area contributed by atoms with E-state index in [-0.39, 0.29) is 12.4 Å². The summed E-state index contributed by atoms with van der Waals surface area (Å²) in [6.07, 6.45) is 0. The van der Waals surface area contributed by atoms with Crippen molar-refractivity contribution in [3.8, 4) is 0 Å². The number of rotatable bonds is 3. The van der Waals surface area contributed by atoms with Crippen molar-refractivity contribution in [2.24, 2.45) is 0 Å². The van der Waals surface area contributed by atoms with Gasteiger partial charge < -0.3 is 10.0 Å². The van der Waals surface area contributed by atoms with E-state index in [1.807, 2.05) is 30.1 Å². The highest BCUT2D eigenvalue weighted by Crippen LogP contribution is 2.30. The van der Waals surface area contributed by atoms with E-state index < -0.39 is 0 Å². The van der Waals surface area contributed by atoms with Gasteiger partial charge in [0.25, 0.3) is 0 Å². The third kappa shape index (κ3) is 2.71. The first-order valence-corrected chi connectivity index (χ1v) is 6.29. The second-order valence-electron chi connectivity index (χ2n) is 3.97. The topological polar surface area (TPSA) is 23.5 Å². The number of benzene rings is 2. The van der Waals surface area contributed by atoms with Crippen molar-refractivity contribution < 1.29 is 9.50 Å². The second-order valence-corrected chi connectivity index (χ2v) is 4.88. The number of nitrogens with zero attached hydrogens (tertiary/aromatic N) is 1. The number of hydrogen-bond acceptors (Lipinski definition) is 2. The van der Waals surface area contributed by atoms with Crippen LogP contribution in [0.15, 0.2) is 46.9 Å². The van der Waals surface area contributed by atoms with Gasteiger partial charge in [0.1, 0.15) is 5.82 Å². The van der Waals surface area contributed by atoms with Gasteiger partial charge in [-0.25, -0.2) is 4.39 Å². The summed E-state index contributed by atoms with van der Waals surface area (Å²) in [6.45, 7) is -0.0336. The van der Waals surface area contributed by atoms with Gasteiger partial charge in [-0.05, 0) is 36.4 Å². The Labute approximate surface area is 114 Å². The Morgan fingerprint density at radius 3 is 2.44 bits per heavy atom. The average Bonchev–Trinajstić information content (AvgIpc) is 2.39. The molecule has 0 unspecified atom stereocenters. The first-order valence-electron chi connectivity index (χ1n) is 5.50. The van der Waals surface area contributed by atoms with Gasteiger partial charge in [0.2, 0.25) is 0 Å². The highest BCUT2D eigenvalue weighted by molar-refractivity contribution is 9.10. The van der Waals surface area contributed by atoms with Crippen LogP contribution in [-0.2, 0) is 6.61 Å². The van der Waals surface area contributed by atoms with Crippen molar-refractivity contribution in [2.75, 3.05) is 11.9 Å². The molecule has 0 bridgehead atoms. The minimum atomic E-state index is -0.260. The molecule has 2 aromatic carbocycles. The maximum absolute atomic E-state index is 12.9. The van der Waals surface area contributed by atoms with E-state index in [9.17, 15) is 9.50 Å². The predicted molar refractivity (Wildman–Crippen MR) is 74.5 cm³/mol. The molecule has 0 heterocycles. The SMILES string of the molecule is CN(c1ccc(F)cc1)c1cc(Br)ccc1CO. The van der Waals surface area contributed by atoms with Crippen LogP contribution in [0.3, 0.4) is 0 Å². The lowest BCUT2D eigenvalue weighted by molar-refractivity contribution is 0.282. The fourth-order valence-corrected chi connectivity index (χ4v) is 2.14. The summed E-state index contributed by atoms with van der Waals surface area (Å²) in [5.74, 6) is -0.260. The summed E-state index contributed by atoms with van der Waals surface area (Å²) in [6, 6.07) is 11.9. The van der Waals surface area contributed by atoms with Gasteiger partial charge in [-0.2, -0.15) is 0 Å². The monoisotopic (exact) mass is 309 g/mol. The van der Waals surface area contributed by atoms with Crippen molar-refractivity contribution >= 4 is 27.3 Å². The van der Waals surface area contributed by atoms with E-state index in [1.165, 1.54) is 12.1 Å². The summed E-state index contributed by atoms with van der Waals surface area (Å²) in [7, 11) is 1.88. The minimum Gasteiger partial charge on any atom is -0.392 e. The van der Waals surface area contributed by atoms with Crippen LogP contribution in [0.25, 0.3) is 0 Å². The molecule has 18 heavy (non-hydrogen) atoms. The largest absolute Gasteiger partial charge is 0.392 e. The fourth-order valence-electron chi connectivity index (χ4n) is 1.79. The molecule has 0 amide bonds. The first-order chi connectivity index (χ1) is 8.61. The van der Waals surface area contributed by atoms with Crippen molar-refractivity contribution in [1.82, 2.24) is 0 Å². The summed E-state index contributed by atoms with van der Waals surface area (Å²) in [5, 5.41) is 9.35. The zero-order valence-electron chi connectivity index (χ0n) is 9.90. The molecule has 0 aliphatic rings. The molecule has 2 nitrogen and oxygen atoms in total. The highest BCUT2D eigenvalue weighted by Gasteiger charge is 2.09. The van der Waals surface area contributed by atoms with E-state index in [2.05, 4.69) is 15.9 Å². The third-order valence-electron chi connectivity index (χ3n) is 2.79. The van der Waals surface area contributed by atoms with Crippen LogP contribution in [0, 0.1) is 5.82 Å². The molecule has 0 spiro atoms. The van der Waals surface area contributed by atoms with Gasteiger partial charge in [0.05, 0.1) is 6.61 Å². The Hall–Kier alpha value is -1.39. The van der Waals surface area contributed by atoms with Gasteiger partial charge in [0.15, 0.2) is 0 Å². The van der Waals surface area contributed by atoms with E-state index in [4.69, 9.17) is 0 Å². The summed E-state index contributed by atoms with van der Waals surface area (Å²) in [4.78, 5) is 1.91. The summed E-state index contributed by atoms with van der Waals surface area (Å²) < 4.78 is 13.8. The zero-order valence-corrected chi connectivity index (χ0v) is 11.5. The molecule has 0 aliphatic heterocycles. The smallest absolute Gasteiger partial charge is 0.123 e. The lowest BCUT2D eigenvalue weighted by Crippen LogP contribution is -2.11. The molecule has 0 aromatic heterocycles. The zero-order chi connectivity index (χ0) is 13.1. The Morgan fingerprint density at radius 1 is 1.17 bits per heavy atom. The Balaban J connectivity index is 2.41. The Kier molecular flexibility index (Phi) is 3.99. The van der Waals surface area contributed by atoms with Crippen LogP contribution in [0.5, 0.6) is 0 Å². The number of aliphatic hydroxyl groups excluding tert-OH is 1. The van der Waals surface area contributed by atoms with Crippen LogP contribution in [-0.4, -0.2) is 12.2 Å². The molecule has 2 aromatic rings. The molecule has 0 atom stereocenters. The van der Waals surface area contributed by atoms with Crippen LogP contribution in [0.1, 0.15) is 5.56 Å². The minimum absolute atomic E-state index is 0.0336. The Bertz CT molecular complexity index is 542. The van der Waals surface area contributed by atoms with Crippen LogP contribution < -0.4 is 4.90 Å². The molecule has 0 aliphatic carbocycles. The molecule has 4 heteroatoms. The van der Waals surface area contributed by atoms with E-state index >= 15 is 0 Å². The molecule has 0 radical (unpaired) electrons. The molecule has 0 fully saturated rings. The van der Waals surface area contributed by atoms with Crippen LogP contribution in [0.4, 0.5) is 15.8 Å². The Morgan fingerprint density at radius 2 is 1.83 bits per heavy atom. The van der Waals surface area contributed by atoms with Crippen molar-refractivity contribution in [2.45, 2.75) is 6.61 Å². The first kappa shape index (κ1) is 13.1. The van der Waals surface area contributed by atoms with E-state index in [0.717, 1.165) is 21.4 Å². The molecular formula is C14H13BrFNO. The van der Waals surface area contributed by atoms with Crippen molar-refractivity contribution in [3.05, 3.63) is 58.3 Å². The standard InChI is InChI=1S/C14H13BrFNO/c1-17(13-6-4-12(16)5-7-13)14-8-11(15)3-2-10(14)9-18/h2-8,18H,9H2,1H3. The number of anilines is 2. The molecular weight excluding hydrogens is 297 g/mol. The van der Waals surface area contributed by atoms with Gasteiger partial charge >= 0.3 is 0 Å². The lowest BCUT2D eigenvalue weighted by atomic mass is 10.1. The summed E-state index contributed by atoms with van der Waals surface area (Å²) in [5.41, 5.74) is 2.58. The number of aliphatic hydroxyl groups is 1. The van der Waals surface area contributed by atoms with E-state index in [0.29, 0.717) is 0 Å². The number of hydrogen-bond donors (Lipinski definition) is 1. The van der Waals surface area contributed by atoms with Crippen LogP contribution >= 0.6 is 15.9 Å². The van der Waals surface area contributed by atoms with Gasteiger partial charge in [-0.1, -0.05) is 22.0 Å². The van der Waals surface area contributed by atoms with Gasteiger partial charge in [-0.3, -0.25) is 0 Å². The lowest BCUT2D eigenvalue weighted by Gasteiger charge is -2.22. The van der Waals surface area contributed by atoms with E-state index in [1.54, 1.807) is 12.1 Å². The van der Waals surface area contributed by atoms with Crippen LogP contribution in [0.2, 0.25) is 0 Å². The van der Waals surface area contributed by atoms with Gasteiger partial charge in [-0.15, -0.1) is 0 Å². The summed E-state index contributed by atoms with van der Waals surface area (Å²) >= 11 is 3.41. The maximum Gasteiger partial charge on any atom is 0.123 e. The second kappa shape index (κ2) is 5.50. The normalized spacial score (nSPS) is 10.4. The quantitative estimate of drug-likeness (QED) is 0.931. The molecule has 0 saturated heterocycles. The third-order valence-corrected chi connectivity index (χ3v) is 3.29. The molecule has 94 valence electrons. The molecule has 0 saturated carbocycles. The van der Waals surface area contributed by atoms with Crippen molar-refractivity contribution in [1.29, 1.82) is 0 Å². The average molecular weight is 310 g/mol. The highest BCUT2D eigenvalue weighted by atomic mass is 79.9. The predicted octanol–water partition coefficient (Wildman–Crippen LogP) is 3.85. The van der Waals surface area contributed by atoms with Gasteiger partial charge in [0, 0.05) is 28.5 Å². The van der Waals surface area contributed by atoms with Crippen molar-refractivity contribution in [3.63, 3.8) is 0 Å².